The van der Waals surface area contributed by atoms with Gasteiger partial charge in [0.05, 0.1) is 24.4 Å². The second-order valence-corrected chi connectivity index (χ2v) is 10.1. The average Bonchev–Trinajstić information content (AvgIpc) is 3.63. The van der Waals surface area contributed by atoms with Crippen LogP contribution in [0.4, 0.5) is 5.69 Å². The van der Waals surface area contributed by atoms with E-state index in [0.29, 0.717) is 10.7 Å². The van der Waals surface area contributed by atoms with E-state index in [2.05, 4.69) is 25.8 Å². The molecule has 1 fully saturated rings. The molecule has 7 nitrogen and oxygen atoms in total. The molecule has 204 valence electrons. The summed E-state index contributed by atoms with van der Waals surface area (Å²) in [6.07, 6.45) is 3.77. The number of methoxy groups -OCH3 is 1. The molecule has 2 aromatic heterocycles. The maximum atomic E-state index is 12.3. The second kappa shape index (κ2) is 11.3. The topological polar surface area (TPSA) is 68.6 Å². The van der Waals surface area contributed by atoms with Gasteiger partial charge in [0.25, 0.3) is 0 Å². The quantitative estimate of drug-likeness (QED) is 0.171. The van der Waals surface area contributed by atoms with Crippen molar-refractivity contribution in [2.75, 3.05) is 12.0 Å². The fourth-order valence-electron chi connectivity index (χ4n) is 5.12. The Bertz CT molecular complexity index is 1680. The van der Waals surface area contributed by atoms with Crippen LogP contribution in [-0.2, 0) is 4.74 Å². The lowest BCUT2D eigenvalue weighted by molar-refractivity contribution is 0.0600. The van der Waals surface area contributed by atoms with E-state index in [0.717, 1.165) is 34.3 Å². The van der Waals surface area contributed by atoms with Crippen LogP contribution in [-0.4, -0.2) is 27.7 Å². The monoisotopic (exact) mass is 560 g/mol. The predicted molar refractivity (Wildman–Crippen MR) is 163 cm³/mol. The summed E-state index contributed by atoms with van der Waals surface area (Å²) in [5, 5.41) is 4.10. The zero-order chi connectivity index (χ0) is 28.3. The number of carbonyl (C=O) groups excluding carboxylic acids is 1. The molecule has 1 N–H and O–H groups in total. The van der Waals surface area contributed by atoms with Gasteiger partial charge in [-0.05, 0) is 98.0 Å². The van der Waals surface area contributed by atoms with E-state index in [1.165, 1.54) is 12.7 Å². The van der Waals surface area contributed by atoms with Gasteiger partial charge >= 0.3 is 5.97 Å². The summed E-state index contributed by atoms with van der Waals surface area (Å²) in [4.78, 5) is 19.0. The van der Waals surface area contributed by atoms with Crippen molar-refractivity contribution in [2.24, 2.45) is 0 Å². The largest absolute Gasteiger partial charge is 0.465 e. The van der Waals surface area contributed by atoms with Crippen LogP contribution in [0.15, 0.2) is 116 Å². The Morgan fingerprint density at radius 1 is 0.878 bits per heavy atom. The number of aromatic nitrogens is 2. The first-order valence-corrected chi connectivity index (χ1v) is 13.6. The zero-order valence-corrected chi connectivity index (χ0v) is 23.4. The van der Waals surface area contributed by atoms with Gasteiger partial charge in [-0.25, -0.2) is 4.79 Å². The third kappa shape index (κ3) is 5.29. The minimum absolute atomic E-state index is 0.218. The summed E-state index contributed by atoms with van der Waals surface area (Å²) in [7, 11) is 1.38. The molecule has 5 aromatic rings. The fraction of sp³-hybridized carbons (Fsp3) is 0.121. The molecule has 0 aliphatic carbocycles. The van der Waals surface area contributed by atoms with Gasteiger partial charge < -0.3 is 24.3 Å². The van der Waals surface area contributed by atoms with Gasteiger partial charge in [-0.3, -0.25) is 4.98 Å². The molecule has 1 aliphatic rings. The fourth-order valence-corrected chi connectivity index (χ4v) is 5.47. The third-order valence-electron chi connectivity index (χ3n) is 7.10. The Balaban J connectivity index is 1.39. The van der Waals surface area contributed by atoms with Crippen LogP contribution in [0.2, 0.25) is 0 Å². The van der Waals surface area contributed by atoms with Crippen LogP contribution in [0, 0.1) is 6.92 Å². The number of thiocarbonyl (C=S) groups is 1. The van der Waals surface area contributed by atoms with Crippen molar-refractivity contribution in [3.63, 3.8) is 0 Å². The van der Waals surface area contributed by atoms with Gasteiger partial charge in [0, 0.05) is 29.5 Å². The number of benzene rings is 3. The Morgan fingerprint density at radius 3 is 2.34 bits per heavy atom. The highest BCUT2D eigenvalue weighted by molar-refractivity contribution is 7.80. The van der Waals surface area contributed by atoms with Crippen LogP contribution in [0.1, 0.15) is 39.4 Å². The van der Waals surface area contributed by atoms with Gasteiger partial charge in [0.15, 0.2) is 5.11 Å². The first kappa shape index (κ1) is 26.3. The number of hydrogen-bond acceptors (Lipinski definition) is 5. The van der Waals surface area contributed by atoms with E-state index in [4.69, 9.17) is 21.7 Å². The molecule has 0 amide bonds. The highest BCUT2D eigenvalue weighted by Crippen LogP contribution is 2.42. The van der Waals surface area contributed by atoms with Gasteiger partial charge in [-0.15, -0.1) is 0 Å². The summed E-state index contributed by atoms with van der Waals surface area (Å²) in [6, 6.07) is 32.8. The number of nitrogens with zero attached hydrogens (tertiary/aromatic N) is 3. The number of pyridine rings is 1. The van der Waals surface area contributed by atoms with Crippen molar-refractivity contribution in [1.29, 1.82) is 0 Å². The molecule has 1 aliphatic heterocycles. The number of ether oxygens (including phenoxy) is 2. The molecular formula is C33H28N4O3S. The standard InChI is InChI=1S/C33H28N4O3S/c1-22-11-15-26(16-12-22)40-27-17-13-24(14-18-27)37-31(30(35-33(37)41)28-9-3-4-19-34-28)29-10-6-20-36(29)25-8-5-7-23(21-25)32(38)39-2/h3-21,30-31H,1-2H3,(H,35,41)/t30-,31+/m1/s1. The molecule has 41 heavy (non-hydrogen) atoms. The van der Waals surface area contributed by atoms with Gasteiger partial charge in [-0.2, -0.15) is 0 Å². The van der Waals surface area contributed by atoms with Gasteiger partial charge in [0.2, 0.25) is 0 Å². The zero-order valence-electron chi connectivity index (χ0n) is 22.6. The van der Waals surface area contributed by atoms with Gasteiger partial charge in [0.1, 0.15) is 17.5 Å². The lowest BCUT2D eigenvalue weighted by Crippen LogP contribution is -2.30. The number of aryl methyl sites for hydroxylation is 1. The first-order chi connectivity index (χ1) is 20.0. The van der Waals surface area contributed by atoms with Crippen LogP contribution in [0.3, 0.4) is 0 Å². The van der Waals surface area contributed by atoms with Crippen molar-refractivity contribution in [3.8, 4) is 17.2 Å². The first-order valence-electron chi connectivity index (χ1n) is 13.2. The smallest absolute Gasteiger partial charge is 0.337 e. The number of nitrogens with one attached hydrogen (secondary N) is 1. The highest BCUT2D eigenvalue weighted by Gasteiger charge is 2.42. The summed E-state index contributed by atoms with van der Waals surface area (Å²) < 4.78 is 13.1. The number of esters is 1. The minimum Gasteiger partial charge on any atom is -0.465 e. The maximum Gasteiger partial charge on any atom is 0.337 e. The normalized spacial score (nSPS) is 16.3. The molecule has 3 aromatic carbocycles. The summed E-state index contributed by atoms with van der Waals surface area (Å²) in [5.74, 6) is 1.13. The number of hydrogen-bond donors (Lipinski definition) is 1. The molecule has 2 atom stereocenters. The Hall–Kier alpha value is -4.95. The number of rotatable bonds is 7. The molecule has 0 saturated carbocycles. The Kier molecular flexibility index (Phi) is 7.22. The van der Waals surface area contributed by atoms with E-state index < -0.39 is 0 Å². The molecule has 0 spiro atoms. The molecule has 1 saturated heterocycles. The van der Waals surface area contributed by atoms with Crippen LogP contribution in [0.25, 0.3) is 5.69 Å². The molecule has 6 rings (SSSR count). The summed E-state index contributed by atoms with van der Waals surface area (Å²) >= 11 is 5.92. The van der Waals surface area contributed by atoms with Crippen LogP contribution < -0.4 is 15.0 Å². The lowest BCUT2D eigenvalue weighted by atomic mass is 10.0. The molecule has 0 radical (unpaired) electrons. The number of carbonyl (C=O) groups is 1. The predicted octanol–water partition coefficient (Wildman–Crippen LogP) is 6.94. The Morgan fingerprint density at radius 2 is 1.63 bits per heavy atom. The van der Waals surface area contributed by atoms with E-state index in [1.807, 2.05) is 104 Å². The molecule has 0 bridgehead atoms. The third-order valence-corrected chi connectivity index (χ3v) is 7.41. The number of anilines is 1. The van der Waals surface area contributed by atoms with Crippen molar-refractivity contribution in [1.82, 2.24) is 14.9 Å². The van der Waals surface area contributed by atoms with Crippen molar-refractivity contribution >= 4 is 29.0 Å². The summed E-state index contributed by atoms with van der Waals surface area (Å²) in [6.45, 7) is 2.05. The van der Waals surface area contributed by atoms with Crippen LogP contribution >= 0.6 is 12.2 Å². The average molecular weight is 561 g/mol. The second-order valence-electron chi connectivity index (χ2n) is 9.75. The van der Waals surface area contributed by atoms with Crippen molar-refractivity contribution < 1.29 is 14.3 Å². The van der Waals surface area contributed by atoms with E-state index >= 15 is 0 Å². The van der Waals surface area contributed by atoms with E-state index in [-0.39, 0.29) is 18.1 Å². The van der Waals surface area contributed by atoms with Crippen LogP contribution in [0.5, 0.6) is 11.5 Å². The summed E-state index contributed by atoms with van der Waals surface area (Å²) in [5.41, 5.74) is 5.27. The molecular weight excluding hydrogens is 532 g/mol. The van der Waals surface area contributed by atoms with E-state index in [1.54, 1.807) is 12.3 Å². The van der Waals surface area contributed by atoms with E-state index in [9.17, 15) is 4.79 Å². The molecule has 8 heteroatoms. The van der Waals surface area contributed by atoms with Gasteiger partial charge in [-0.1, -0.05) is 29.8 Å². The lowest BCUT2D eigenvalue weighted by Gasteiger charge is -2.29. The van der Waals surface area contributed by atoms with Crippen molar-refractivity contribution in [2.45, 2.75) is 19.0 Å². The highest BCUT2D eigenvalue weighted by atomic mass is 32.1. The maximum absolute atomic E-state index is 12.3. The molecule has 0 unspecified atom stereocenters. The molecule has 3 heterocycles. The Labute approximate surface area is 244 Å². The minimum atomic E-state index is -0.384. The van der Waals surface area contributed by atoms with Crippen molar-refractivity contribution in [3.05, 3.63) is 138 Å². The SMILES string of the molecule is COC(=O)c1cccc(-n2cccc2[C@H]2[C@@H](c3ccccn3)NC(=S)N2c2ccc(Oc3ccc(C)cc3)cc2)c1.